The lowest BCUT2D eigenvalue weighted by molar-refractivity contribution is -0.141. The van der Waals surface area contributed by atoms with Gasteiger partial charge in [-0.1, -0.05) is 6.92 Å². The Morgan fingerprint density at radius 3 is 2.58 bits per heavy atom. The fraction of sp³-hybridized carbons (Fsp3) is 0.500. The maximum Gasteiger partial charge on any atom is 0.326 e. The van der Waals surface area contributed by atoms with Gasteiger partial charge < -0.3 is 15.3 Å². The average molecular weight is 266 g/mol. The molecule has 2 N–H and O–H groups in total. The monoisotopic (exact) mass is 266 g/mol. The van der Waals surface area contributed by atoms with Crippen molar-refractivity contribution in [1.29, 1.82) is 0 Å². The molecule has 0 saturated carbocycles. The van der Waals surface area contributed by atoms with Crippen molar-refractivity contribution in [2.45, 2.75) is 32.9 Å². The number of rotatable bonds is 5. The van der Waals surface area contributed by atoms with Gasteiger partial charge in [0.2, 0.25) is 0 Å². The van der Waals surface area contributed by atoms with E-state index in [1.807, 2.05) is 6.92 Å². The van der Waals surface area contributed by atoms with Gasteiger partial charge in [0, 0.05) is 13.2 Å². The molecule has 0 spiro atoms. The van der Waals surface area contributed by atoms with Gasteiger partial charge in [-0.15, -0.1) is 0 Å². The molecule has 1 heterocycles. The standard InChI is InChI=1S/C12H18N4O3/c1-4-10(11(17)18)16(3)12(19)15-7-9-6-13-8(2)5-14-9/h5-6,10H,4,7H2,1-3H3,(H,15,19)(H,17,18). The molecule has 19 heavy (non-hydrogen) atoms. The predicted octanol–water partition coefficient (Wildman–Crippen LogP) is 0.790. The van der Waals surface area contributed by atoms with Gasteiger partial charge in [-0.3, -0.25) is 9.97 Å². The molecule has 0 aliphatic rings. The van der Waals surface area contributed by atoms with Crippen LogP contribution >= 0.6 is 0 Å². The number of carboxylic acids is 1. The van der Waals surface area contributed by atoms with Crippen molar-refractivity contribution in [3.63, 3.8) is 0 Å². The summed E-state index contributed by atoms with van der Waals surface area (Å²) in [6.45, 7) is 3.75. The molecule has 7 heteroatoms. The topological polar surface area (TPSA) is 95.4 Å². The van der Waals surface area contributed by atoms with Gasteiger partial charge in [0.25, 0.3) is 0 Å². The van der Waals surface area contributed by atoms with Crippen LogP contribution in [0.25, 0.3) is 0 Å². The summed E-state index contributed by atoms with van der Waals surface area (Å²) in [4.78, 5) is 32.1. The highest BCUT2D eigenvalue weighted by Crippen LogP contribution is 2.02. The number of aliphatic carboxylic acids is 1. The van der Waals surface area contributed by atoms with Crippen molar-refractivity contribution in [3.05, 3.63) is 23.8 Å². The Morgan fingerprint density at radius 2 is 2.11 bits per heavy atom. The maximum atomic E-state index is 11.8. The number of hydrogen-bond acceptors (Lipinski definition) is 4. The van der Waals surface area contributed by atoms with E-state index in [9.17, 15) is 9.59 Å². The molecule has 1 aromatic rings. The maximum absolute atomic E-state index is 11.8. The van der Waals surface area contributed by atoms with Gasteiger partial charge in [-0.25, -0.2) is 9.59 Å². The first kappa shape index (κ1) is 14.9. The first-order valence-electron chi connectivity index (χ1n) is 5.96. The Bertz CT molecular complexity index is 447. The number of aromatic nitrogens is 2. The van der Waals surface area contributed by atoms with Crippen molar-refractivity contribution in [3.8, 4) is 0 Å². The number of carbonyl (C=O) groups is 2. The minimum Gasteiger partial charge on any atom is -0.480 e. The van der Waals surface area contributed by atoms with Crippen LogP contribution in [0.4, 0.5) is 4.79 Å². The molecule has 0 fully saturated rings. The number of hydrogen-bond donors (Lipinski definition) is 2. The molecule has 0 aliphatic heterocycles. The summed E-state index contributed by atoms with van der Waals surface area (Å²) in [7, 11) is 1.46. The molecule has 1 rings (SSSR count). The van der Waals surface area contributed by atoms with Crippen molar-refractivity contribution in [1.82, 2.24) is 20.2 Å². The number of urea groups is 1. The number of carbonyl (C=O) groups excluding carboxylic acids is 1. The second-order valence-electron chi connectivity index (χ2n) is 4.18. The van der Waals surface area contributed by atoms with E-state index in [2.05, 4.69) is 15.3 Å². The molecule has 0 aromatic carbocycles. The number of amides is 2. The van der Waals surface area contributed by atoms with Crippen molar-refractivity contribution >= 4 is 12.0 Å². The largest absolute Gasteiger partial charge is 0.480 e. The molecular formula is C12H18N4O3. The minimum absolute atomic E-state index is 0.215. The van der Waals surface area contributed by atoms with E-state index in [1.165, 1.54) is 11.9 Å². The van der Waals surface area contributed by atoms with Crippen LogP contribution in [0, 0.1) is 6.92 Å². The number of carboxylic acid groups (broad SMARTS) is 1. The molecule has 0 bridgehead atoms. The highest BCUT2D eigenvalue weighted by molar-refractivity contribution is 5.82. The summed E-state index contributed by atoms with van der Waals surface area (Å²) in [6, 6.07) is -1.28. The lowest BCUT2D eigenvalue weighted by Crippen LogP contribution is -2.46. The van der Waals surface area contributed by atoms with Crippen molar-refractivity contribution < 1.29 is 14.7 Å². The number of aryl methyl sites for hydroxylation is 1. The Balaban J connectivity index is 2.55. The molecule has 0 radical (unpaired) electrons. The zero-order valence-corrected chi connectivity index (χ0v) is 11.3. The van der Waals surface area contributed by atoms with Crippen LogP contribution in [0.3, 0.4) is 0 Å². The second kappa shape index (κ2) is 6.67. The van der Waals surface area contributed by atoms with Crippen LogP contribution in [0.2, 0.25) is 0 Å². The quantitative estimate of drug-likeness (QED) is 0.821. The minimum atomic E-state index is -1.02. The Labute approximate surface area is 111 Å². The van der Waals surface area contributed by atoms with Gasteiger partial charge in [0.15, 0.2) is 0 Å². The van der Waals surface area contributed by atoms with E-state index in [4.69, 9.17) is 5.11 Å². The smallest absolute Gasteiger partial charge is 0.326 e. The molecule has 1 unspecified atom stereocenters. The lowest BCUT2D eigenvalue weighted by atomic mass is 10.2. The van der Waals surface area contributed by atoms with Crippen molar-refractivity contribution in [2.24, 2.45) is 0 Å². The summed E-state index contributed by atoms with van der Waals surface area (Å²) in [6.07, 6.45) is 3.53. The molecule has 1 atom stereocenters. The zero-order chi connectivity index (χ0) is 14.4. The molecule has 0 aliphatic carbocycles. The fourth-order valence-electron chi connectivity index (χ4n) is 1.56. The van der Waals surface area contributed by atoms with Crippen LogP contribution in [0.5, 0.6) is 0 Å². The van der Waals surface area contributed by atoms with Gasteiger partial charge in [0.05, 0.1) is 24.1 Å². The SMILES string of the molecule is CCC(C(=O)O)N(C)C(=O)NCc1cnc(C)cn1. The van der Waals surface area contributed by atoms with E-state index in [0.717, 1.165) is 5.69 Å². The molecule has 2 amide bonds. The summed E-state index contributed by atoms with van der Waals surface area (Å²) >= 11 is 0. The van der Waals surface area contributed by atoms with Gasteiger partial charge >= 0.3 is 12.0 Å². The molecular weight excluding hydrogens is 248 g/mol. The van der Waals surface area contributed by atoms with E-state index in [1.54, 1.807) is 19.3 Å². The molecule has 104 valence electrons. The number of likely N-dealkylation sites (N-methyl/N-ethyl adjacent to an activating group) is 1. The molecule has 7 nitrogen and oxygen atoms in total. The van der Waals surface area contributed by atoms with Crippen LogP contribution in [-0.4, -0.2) is 45.1 Å². The van der Waals surface area contributed by atoms with Crippen LogP contribution in [-0.2, 0) is 11.3 Å². The Morgan fingerprint density at radius 1 is 1.42 bits per heavy atom. The summed E-state index contributed by atoms with van der Waals surface area (Å²) in [5.41, 5.74) is 1.42. The van der Waals surface area contributed by atoms with Crippen LogP contribution in [0.1, 0.15) is 24.7 Å². The Kier molecular flexibility index (Phi) is 5.23. The van der Waals surface area contributed by atoms with Gasteiger partial charge in [-0.2, -0.15) is 0 Å². The third kappa shape index (κ3) is 4.20. The zero-order valence-electron chi connectivity index (χ0n) is 11.3. The number of nitrogens with zero attached hydrogens (tertiary/aromatic N) is 3. The van der Waals surface area contributed by atoms with Crippen LogP contribution < -0.4 is 5.32 Å². The summed E-state index contributed by atoms with van der Waals surface area (Å²) in [5, 5.41) is 11.6. The normalized spacial score (nSPS) is 11.7. The van der Waals surface area contributed by atoms with Gasteiger partial charge in [0.1, 0.15) is 6.04 Å². The average Bonchev–Trinajstić information content (AvgIpc) is 2.38. The van der Waals surface area contributed by atoms with E-state index >= 15 is 0 Å². The first-order chi connectivity index (χ1) is 8.95. The first-order valence-corrected chi connectivity index (χ1v) is 5.96. The van der Waals surface area contributed by atoms with E-state index in [-0.39, 0.29) is 6.54 Å². The van der Waals surface area contributed by atoms with Crippen LogP contribution in [0.15, 0.2) is 12.4 Å². The highest BCUT2D eigenvalue weighted by Gasteiger charge is 2.24. The summed E-state index contributed by atoms with van der Waals surface area (Å²) in [5.74, 6) is -1.02. The van der Waals surface area contributed by atoms with E-state index in [0.29, 0.717) is 12.1 Å². The van der Waals surface area contributed by atoms with E-state index < -0.39 is 18.0 Å². The lowest BCUT2D eigenvalue weighted by Gasteiger charge is -2.23. The van der Waals surface area contributed by atoms with Crippen molar-refractivity contribution in [2.75, 3.05) is 7.05 Å². The third-order valence-electron chi connectivity index (χ3n) is 2.71. The molecule has 1 aromatic heterocycles. The predicted molar refractivity (Wildman–Crippen MR) is 68.5 cm³/mol. The fourth-order valence-corrected chi connectivity index (χ4v) is 1.56. The Hall–Kier alpha value is -2.18. The third-order valence-corrected chi connectivity index (χ3v) is 2.71. The second-order valence-corrected chi connectivity index (χ2v) is 4.18. The summed E-state index contributed by atoms with van der Waals surface area (Å²) < 4.78 is 0. The highest BCUT2D eigenvalue weighted by atomic mass is 16.4. The number of nitrogens with one attached hydrogen (secondary N) is 1. The van der Waals surface area contributed by atoms with Gasteiger partial charge in [-0.05, 0) is 13.3 Å². The molecule has 0 saturated heterocycles.